The van der Waals surface area contributed by atoms with E-state index in [1.165, 1.54) is 6.42 Å². The summed E-state index contributed by atoms with van der Waals surface area (Å²) in [6, 6.07) is 6.99. The van der Waals surface area contributed by atoms with Gasteiger partial charge in [0.1, 0.15) is 0 Å². The molecule has 1 aromatic rings. The summed E-state index contributed by atoms with van der Waals surface area (Å²) < 4.78 is 27.6. The van der Waals surface area contributed by atoms with Crippen LogP contribution >= 0.6 is 0 Å². The zero-order chi connectivity index (χ0) is 15.6. The number of amides is 1. The van der Waals surface area contributed by atoms with E-state index < -0.39 is 10.0 Å². The molecule has 2 N–H and O–H groups in total. The molecular formula is C16H22N2O3S. The first-order chi connectivity index (χ1) is 10.5. The van der Waals surface area contributed by atoms with Gasteiger partial charge in [0.05, 0.1) is 4.90 Å². The summed E-state index contributed by atoms with van der Waals surface area (Å²) in [4.78, 5) is 11.6. The first kappa shape index (κ1) is 15.5. The molecule has 1 heterocycles. The van der Waals surface area contributed by atoms with Crippen LogP contribution in [-0.2, 0) is 14.8 Å². The Morgan fingerprint density at radius 2 is 1.73 bits per heavy atom. The number of carbonyl (C=O) groups is 1. The van der Waals surface area contributed by atoms with Crippen molar-refractivity contribution in [2.75, 3.05) is 6.54 Å². The highest BCUT2D eigenvalue weighted by atomic mass is 32.2. The monoisotopic (exact) mass is 322 g/mol. The molecule has 1 aliphatic carbocycles. The third kappa shape index (κ3) is 3.50. The van der Waals surface area contributed by atoms with Gasteiger partial charge in [0.15, 0.2) is 0 Å². The fraction of sp³-hybridized carbons (Fsp3) is 0.562. The van der Waals surface area contributed by atoms with Crippen LogP contribution in [0.2, 0.25) is 0 Å². The molecule has 2 aliphatic rings. The molecule has 3 rings (SSSR count). The lowest BCUT2D eigenvalue weighted by Crippen LogP contribution is -2.36. The Morgan fingerprint density at radius 3 is 2.32 bits per heavy atom. The number of hydrogen-bond donors (Lipinski definition) is 2. The van der Waals surface area contributed by atoms with Crippen molar-refractivity contribution in [3.8, 4) is 0 Å². The fourth-order valence-electron chi connectivity index (χ4n) is 3.27. The zero-order valence-electron chi connectivity index (χ0n) is 12.5. The lowest BCUT2D eigenvalue weighted by atomic mass is 9.96. The van der Waals surface area contributed by atoms with Crippen molar-refractivity contribution in [3.63, 3.8) is 0 Å². The molecule has 0 spiro atoms. The maximum Gasteiger partial charge on any atom is 0.240 e. The number of nitrogens with one attached hydrogen (secondary N) is 2. The summed E-state index contributed by atoms with van der Waals surface area (Å²) in [5.74, 6) is 0.205. The molecule has 0 aromatic heterocycles. The van der Waals surface area contributed by atoms with Gasteiger partial charge in [-0.25, -0.2) is 13.1 Å². The average Bonchev–Trinajstić information content (AvgIpc) is 2.95. The van der Waals surface area contributed by atoms with E-state index in [1.54, 1.807) is 12.1 Å². The topological polar surface area (TPSA) is 75.3 Å². The highest BCUT2D eigenvalue weighted by Crippen LogP contribution is 2.25. The Balaban J connectivity index is 1.69. The lowest BCUT2D eigenvalue weighted by molar-refractivity contribution is -0.119. The lowest BCUT2D eigenvalue weighted by Gasteiger charge is -2.22. The summed E-state index contributed by atoms with van der Waals surface area (Å²) in [7, 11) is -3.44. The summed E-state index contributed by atoms with van der Waals surface area (Å²) in [5.41, 5.74) is 1.01. The van der Waals surface area contributed by atoms with Crippen molar-refractivity contribution in [2.24, 2.45) is 0 Å². The molecule has 1 aliphatic heterocycles. The number of sulfonamides is 1. The zero-order valence-corrected chi connectivity index (χ0v) is 13.4. The van der Waals surface area contributed by atoms with Gasteiger partial charge in [-0.3, -0.25) is 4.79 Å². The van der Waals surface area contributed by atoms with Crippen LogP contribution < -0.4 is 10.0 Å². The normalized spacial score (nSPS) is 23.5. The van der Waals surface area contributed by atoms with E-state index in [-0.39, 0.29) is 17.9 Å². The SMILES string of the molecule is O=C1C[C@@H](c2ccc(S(=O)(=O)NC3CCCCC3)cc2)CN1. The second kappa shape index (κ2) is 6.38. The highest BCUT2D eigenvalue weighted by Gasteiger charge is 2.25. The third-order valence-corrected chi connectivity index (χ3v) is 6.10. The van der Waals surface area contributed by atoms with E-state index in [4.69, 9.17) is 0 Å². The molecule has 1 amide bonds. The summed E-state index contributed by atoms with van der Waals surface area (Å²) >= 11 is 0. The second-order valence-electron chi connectivity index (χ2n) is 6.23. The summed E-state index contributed by atoms with van der Waals surface area (Å²) in [5, 5.41) is 2.80. The third-order valence-electron chi connectivity index (χ3n) is 4.57. The molecule has 0 bridgehead atoms. The Kier molecular flexibility index (Phi) is 4.49. The Labute approximate surface area is 131 Å². The van der Waals surface area contributed by atoms with Crippen LogP contribution in [0.15, 0.2) is 29.2 Å². The molecule has 0 unspecified atom stereocenters. The van der Waals surface area contributed by atoms with Crippen molar-refractivity contribution in [2.45, 2.75) is 55.4 Å². The van der Waals surface area contributed by atoms with Crippen LogP contribution in [0.25, 0.3) is 0 Å². The van der Waals surface area contributed by atoms with Crippen LogP contribution in [0.5, 0.6) is 0 Å². The molecule has 0 radical (unpaired) electrons. The first-order valence-electron chi connectivity index (χ1n) is 7.93. The van der Waals surface area contributed by atoms with Crippen LogP contribution in [0.4, 0.5) is 0 Å². The molecule has 6 heteroatoms. The van der Waals surface area contributed by atoms with Crippen molar-refractivity contribution in [1.29, 1.82) is 0 Å². The number of rotatable bonds is 4. The van der Waals surface area contributed by atoms with E-state index in [2.05, 4.69) is 10.0 Å². The number of hydrogen-bond acceptors (Lipinski definition) is 3. The molecule has 1 aromatic carbocycles. The van der Waals surface area contributed by atoms with Gasteiger partial charge in [0.2, 0.25) is 15.9 Å². The van der Waals surface area contributed by atoms with E-state index in [0.29, 0.717) is 17.9 Å². The Bertz CT molecular complexity index is 634. The minimum atomic E-state index is -3.44. The summed E-state index contributed by atoms with van der Waals surface area (Å²) in [6.45, 7) is 0.630. The Morgan fingerprint density at radius 1 is 1.05 bits per heavy atom. The van der Waals surface area contributed by atoms with Gasteiger partial charge in [0, 0.05) is 24.9 Å². The largest absolute Gasteiger partial charge is 0.355 e. The van der Waals surface area contributed by atoms with Gasteiger partial charge in [-0.05, 0) is 30.5 Å². The van der Waals surface area contributed by atoms with Crippen LogP contribution in [0.3, 0.4) is 0 Å². The van der Waals surface area contributed by atoms with Crippen molar-refractivity contribution < 1.29 is 13.2 Å². The van der Waals surface area contributed by atoms with E-state index >= 15 is 0 Å². The van der Waals surface area contributed by atoms with Crippen molar-refractivity contribution >= 4 is 15.9 Å². The van der Waals surface area contributed by atoms with Gasteiger partial charge < -0.3 is 5.32 Å². The first-order valence-corrected chi connectivity index (χ1v) is 9.42. The molecular weight excluding hydrogens is 300 g/mol. The molecule has 2 fully saturated rings. The van der Waals surface area contributed by atoms with Gasteiger partial charge in [-0.2, -0.15) is 0 Å². The Hall–Kier alpha value is -1.40. The molecule has 120 valence electrons. The highest BCUT2D eigenvalue weighted by molar-refractivity contribution is 7.89. The quantitative estimate of drug-likeness (QED) is 0.889. The van der Waals surface area contributed by atoms with Crippen LogP contribution in [-0.4, -0.2) is 26.9 Å². The molecule has 22 heavy (non-hydrogen) atoms. The van der Waals surface area contributed by atoms with Crippen LogP contribution in [0, 0.1) is 0 Å². The van der Waals surface area contributed by atoms with Gasteiger partial charge >= 0.3 is 0 Å². The molecule has 5 nitrogen and oxygen atoms in total. The van der Waals surface area contributed by atoms with E-state index in [9.17, 15) is 13.2 Å². The molecule has 1 saturated carbocycles. The molecule has 1 atom stereocenters. The van der Waals surface area contributed by atoms with Gasteiger partial charge in [-0.1, -0.05) is 31.4 Å². The maximum absolute atomic E-state index is 12.4. The maximum atomic E-state index is 12.4. The smallest absolute Gasteiger partial charge is 0.240 e. The van der Waals surface area contributed by atoms with E-state index in [1.807, 2.05) is 12.1 Å². The number of carbonyl (C=O) groups excluding carboxylic acids is 1. The van der Waals surface area contributed by atoms with Gasteiger partial charge in [-0.15, -0.1) is 0 Å². The van der Waals surface area contributed by atoms with Crippen LogP contribution in [0.1, 0.15) is 50.0 Å². The second-order valence-corrected chi connectivity index (χ2v) is 7.94. The predicted molar refractivity (Wildman–Crippen MR) is 84.0 cm³/mol. The standard InChI is InChI=1S/C16H22N2O3S/c19-16-10-13(11-17-16)12-6-8-15(9-7-12)22(20,21)18-14-4-2-1-3-5-14/h6-9,13-14,18H,1-5,10-11H2,(H,17,19)/t13-/m1/s1. The van der Waals surface area contributed by atoms with Crippen molar-refractivity contribution in [3.05, 3.63) is 29.8 Å². The van der Waals surface area contributed by atoms with E-state index in [0.717, 1.165) is 31.2 Å². The average molecular weight is 322 g/mol. The predicted octanol–water partition coefficient (Wildman–Crippen LogP) is 1.90. The van der Waals surface area contributed by atoms with Gasteiger partial charge in [0.25, 0.3) is 0 Å². The minimum absolute atomic E-state index is 0.0562. The molecule has 1 saturated heterocycles. The fourth-order valence-corrected chi connectivity index (χ4v) is 4.57. The summed E-state index contributed by atoms with van der Waals surface area (Å²) in [6.07, 6.45) is 5.71. The number of benzene rings is 1. The minimum Gasteiger partial charge on any atom is -0.355 e. The van der Waals surface area contributed by atoms with Crippen molar-refractivity contribution in [1.82, 2.24) is 10.0 Å².